The van der Waals surface area contributed by atoms with Crippen LogP contribution in [0.25, 0.3) is 0 Å². The van der Waals surface area contributed by atoms with E-state index in [-0.39, 0.29) is 6.61 Å². The summed E-state index contributed by atoms with van der Waals surface area (Å²) in [4.78, 5) is 0.349. The first-order valence-corrected chi connectivity index (χ1v) is 11.0. The van der Waals surface area contributed by atoms with Gasteiger partial charge in [0, 0.05) is 0 Å². The second kappa shape index (κ2) is 7.59. The molecule has 1 N–H and O–H groups in total. The maximum atomic E-state index is 13.4. The quantitative estimate of drug-likeness (QED) is 0.835. The zero-order valence-electron chi connectivity index (χ0n) is 17.4. The van der Waals surface area contributed by atoms with E-state index in [1.807, 2.05) is 77.9 Å². The number of benzene rings is 2. The lowest BCUT2D eigenvalue weighted by Crippen LogP contribution is -2.52. The van der Waals surface area contributed by atoms with Gasteiger partial charge in [0.05, 0.1) is 17.5 Å². The van der Waals surface area contributed by atoms with Crippen molar-refractivity contribution < 1.29 is 17.9 Å². The Morgan fingerprint density at radius 3 is 2.14 bits per heavy atom. The van der Waals surface area contributed by atoms with Crippen LogP contribution in [0.5, 0.6) is 0 Å². The van der Waals surface area contributed by atoms with Crippen molar-refractivity contribution in [1.82, 2.24) is 4.72 Å². The van der Waals surface area contributed by atoms with Crippen molar-refractivity contribution in [1.29, 1.82) is 0 Å². The molecule has 0 aliphatic carbocycles. The van der Waals surface area contributed by atoms with Crippen molar-refractivity contribution in [2.24, 2.45) is 0 Å². The molecule has 3 rings (SSSR count). The number of aryl methyl sites for hydroxylation is 2. The zero-order valence-corrected chi connectivity index (χ0v) is 18.2. The Balaban J connectivity index is 1.99. The van der Waals surface area contributed by atoms with Gasteiger partial charge in [-0.3, -0.25) is 0 Å². The molecule has 1 aliphatic heterocycles. The van der Waals surface area contributed by atoms with Crippen LogP contribution >= 0.6 is 0 Å². The van der Waals surface area contributed by atoms with Crippen LogP contribution in [0.2, 0.25) is 0 Å². The van der Waals surface area contributed by atoms with Crippen LogP contribution in [0.3, 0.4) is 0 Å². The van der Waals surface area contributed by atoms with E-state index in [2.05, 4.69) is 4.72 Å². The molecule has 2 aromatic carbocycles. The summed E-state index contributed by atoms with van der Waals surface area (Å²) < 4.78 is 41.5. The second-order valence-corrected chi connectivity index (χ2v) is 9.63. The third-order valence-electron chi connectivity index (χ3n) is 5.39. The summed E-state index contributed by atoms with van der Waals surface area (Å²) in [7, 11) is -3.75. The van der Waals surface area contributed by atoms with Gasteiger partial charge in [0.2, 0.25) is 10.0 Å². The first-order chi connectivity index (χ1) is 13.0. The molecule has 0 saturated carbocycles. The van der Waals surface area contributed by atoms with Crippen LogP contribution in [-0.4, -0.2) is 26.9 Å². The fourth-order valence-electron chi connectivity index (χ4n) is 3.68. The summed E-state index contributed by atoms with van der Waals surface area (Å²) in [6.45, 7) is 11.5. The average Bonchev–Trinajstić information content (AvgIpc) is 2.62. The Bertz CT molecular complexity index is 942. The highest BCUT2D eigenvalue weighted by atomic mass is 32.2. The molecule has 1 fully saturated rings. The van der Waals surface area contributed by atoms with Gasteiger partial charge in [0.1, 0.15) is 6.10 Å². The molecule has 1 saturated heterocycles. The molecule has 152 valence electrons. The maximum Gasteiger partial charge on any atom is 0.241 e. The van der Waals surface area contributed by atoms with Gasteiger partial charge in [-0.1, -0.05) is 36.4 Å². The fraction of sp³-hybridized carbons (Fsp3) is 0.455. The van der Waals surface area contributed by atoms with Crippen LogP contribution in [0.15, 0.2) is 41.3 Å². The second-order valence-electron chi connectivity index (χ2n) is 7.98. The molecule has 6 heteroatoms. The lowest BCUT2D eigenvalue weighted by molar-refractivity contribution is -0.283. The summed E-state index contributed by atoms with van der Waals surface area (Å²) in [5.74, 6) is -0.784. The van der Waals surface area contributed by atoms with Gasteiger partial charge in [0.25, 0.3) is 0 Å². The van der Waals surface area contributed by atoms with E-state index in [0.29, 0.717) is 4.90 Å². The van der Waals surface area contributed by atoms with Gasteiger partial charge >= 0.3 is 0 Å². The standard InChI is InChI=1S/C22H29NO4S/c1-14-12-15(2)17(4)21(16(14)3)28(24,25)23-19-13-26-22(5,6)27-20(19)18-10-8-7-9-11-18/h7-12,19-20,23H,13H2,1-6H3. The maximum absolute atomic E-state index is 13.4. The number of ether oxygens (including phenoxy) is 2. The normalized spacial score (nSPS) is 22.2. The SMILES string of the molecule is Cc1cc(C)c(C)c(S(=O)(=O)NC2COC(C)(C)OC2c2ccccc2)c1C. The van der Waals surface area contributed by atoms with E-state index < -0.39 is 28.0 Å². The monoisotopic (exact) mass is 403 g/mol. The molecule has 0 radical (unpaired) electrons. The van der Waals surface area contributed by atoms with E-state index in [9.17, 15) is 8.42 Å². The molecule has 5 nitrogen and oxygen atoms in total. The van der Waals surface area contributed by atoms with Crippen molar-refractivity contribution >= 4 is 10.0 Å². The molecule has 0 bridgehead atoms. The summed E-state index contributed by atoms with van der Waals surface area (Å²) in [5.41, 5.74) is 4.37. The van der Waals surface area contributed by atoms with Gasteiger partial charge in [-0.25, -0.2) is 13.1 Å². The Hall–Kier alpha value is -1.73. The Labute approximate surface area is 168 Å². The molecule has 2 aromatic rings. The van der Waals surface area contributed by atoms with E-state index in [4.69, 9.17) is 9.47 Å². The highest BCUT2D eigenvalue weighted by Crippen LogP contribution is 2.34. The topological polar surface area (TPSA) is 64.6 Å². The molecule has 1 aliphatic rings. The Morgan fingerprint density at radius 1 is 1.00 bits per heavy atom. The Kier molecular flexibility index (Phi) is 5.69. The van der Waals surface area contributed by atoms with Gasteiger partial charge in [-0.05, 0) is 69.4 Å². The molecule has 1 heterocycles. The molecule has 2 unspecified atom stereocenters. The highest BCUT2D eigenvalue weighted by molar-refractivity contribution is 7.89. The minimum absolute atomic E-state index is 0.231. The van der Waals surface area contributed by atoms with Crippen molar-refractivity contribution in [2.75, 3.05) is 6.61 Å². The smallest absolute Gasteiger partial charge is 0.241 e. The Morgan fingerprint density at radius 2 is 1.57 bits per heavy atom. The van der Waals surface area contributed by atoms with E-state index in [0.717, 1.165) is 27.8 Å². The minimum atomic E-state index is -3.75. The number of rotatable bonds is 4. The third-order valence-corrected chi connectivity index (χ3v) is 7.15. The minimum Gasteiger partial charge on any atom is -0.349 e. The van der Waals surface area contributed by atoms with Crippen LogP contribution in [0.4, 0.5) is 0 Å². The molecule has 2 atom stereocenters. The number of sulfonamides is 1. The van der Waals surface area contributed by atoms with E-state index in [1.165, 1.54) is 0 Å². The molecular formula is C22H29NO4S. The first-order valence-electron chi connectivity index (χ1n) is 9.48. The summed E-state index contributed by atoms with van der Waals surface area (Å²) in [6.07, 6.45) is -0.439. The third kappa shape index (κ3) is 4.15. The molecular weight excluding hydrogens is 374 g/mol. The van der Waals surface area contributed by atoms with E-state index >= 15 is 0 Å². The largest absolute Gasteiger partial charge is 0.349 e. The first kappa shape index (κ1) is 21.0. The average molecular weight is 404 g/mol. The van der Waals surface area contributed by atoms with Crippen molar-refractivity contribution in [3.63, 3.8) is 0 Å². The van der Waals surface area contributed by atoms with Gasteiger partial charge in [0.15, 0.2) is 5.79 Å². The summed E-state index contributed by atoms with van der Waals surface area (Å²) in [5, 5.41) is 0. The van der Waals surface area contributed by atoms with Gasteiger partial charge < -0.3 is 9.47 Å². The number of hydrogen-bond donors (Lipinski definition) is 1. The number of nitrogens with one attached hydrogen (secondary N) is 1. The number of hydrogen-bond acceptors (Lipinski definition) is 4. The predicted molar refractivity (Wildman–Crippen MR) is 110 cm³/mol. The van der Waals surface area contributed by atoms with Crippen LogP contribution in [0.1, 0.15) is 47.8 Å². The molecule has 0 aromatic heterocycles. The predicted octanol–water partition coefficient (Wildman–Crippen LogP) is 4.09. The van der Waals surface area contributed by atoms with Crippen LogP contribution in [-0.2, 0) is 19.5 Å². The van der Waals surface area contributed by atoms with Crippen molar-refractivity contribution in [3.05, 3.63) is 64.2 Å². The van der Waals surface area contributed by atoms with Crippen LogP contribution < -0.4 is 4.72 Å². The van der Waals surface area contributed by atoms with Crippen LogP contribution in [0, 0.1) is 27.7 Å². The van der Waals surface area contributed by atoms with Crippen molar-refractivity contribution in [2.45, 2.75) is 64.4 Å². The van der Waals surface area contributed by atoms with Gasteiger partial charge in [-0.2, -0.15) is 0 Å². The zero-order chi connectivity index (χ0) is 20.7. The molecule has 0 amide bonds. The van der Waals surface area contributed by atoms with E-state index in [1.54, 1.807) is 0 Å². The summed E-state index contributed by atoms with van der Waals surface area (Å²) >= 11 is 0. The van der Waals surface area contributed by atoms with Gasteiger partial charge in [-0.15, -0.1) is 0 Å². The lowest BCUT2D eigenvalue weighted by atomic mass is 10.0. The molecule has 0 spiro atoms. The van der Waals surface area contributed by atoms with Crippen molar-refractivity contribution in [3.8, 4) is 0 Å². The highest BCUT2D eigenvalue weighted by Gasteiger charge is 2.40. The lowest BCUT2D eigenvalue weighted by Gasteiger charge is -2.41. The molecule has 28 heavy (non-hydrogen) atoms. The summed E-state index contributed by atoms with van der Waals surface area (Å²) in [6, 6.07) is 11.2. The fourth-order valence-corrected chi connectivity index (χ4v) is 5.52.